The predicted molar refractivity (Wildman–Crippen MR) is 75.9 cm³/mol. The van der Waals surface area contributed by atoms with Crippen molar-refractivity contribution in [1.29, 1.82) is 0 Å². The van der Waals surface area contributed by atoms with E-state index in [4.69, 9.17) is 23.2 Å². The van der Waals surface area contributed by atoms with Crippen LogP contribution in [0.2, 0.25) is 10.2 Å². The fourth-order valence-electron chi connectivity index (χ4n) is 1.66. The van der Waals surface area contributed by atoms with E-state index in [0.29, 0.717) is 16.0 Å². The number of nitrogens with one attached hydrogen (secondary N) is 1. The van der Waals surface area contributed by atoms with Gasteiger partial charge in [-0.1, -0.05) is 36.2 Å². The number of benzene rings is 1. The Balaban J connectivity index is 2.37. The highest BCUT2D eigenvalue weighted by Gasteiger charge is 2.09. The highest BCUT2D eigenvalue weighted by molar-refractivity contribution is 6.33. The molecule has 0 fully saturated rings. The van der Waals surface area contributed by atoms with Gasteiger partial charge in [-0.2, -0.15) is 0 Å². The minimum atomic E-state index is 0.471. The summed E-state index contributed by atoms with van der Waals surface area (Å²) >= 11 is 12.2. The number of rotatable bonds is 3. The monoisotopic (exact) mass is 281 g/mol. The third-order valence-electron chi connectivity index (χ3n) is 2.62. The normalized spacial score (nSPS) is 10.4. The molecule has 0 unspecified atom stereocenters. The maximum atomic E-state index is 6.18. The summed E-state index contributed by atoms with van der Waals surface area (Å²) in [6, 6.07) is 5.81. The molecule has 18 heavy (non-hydrogen) atoms. The van der Waals surface area contributed by atoms with E-state index >= 15 is 0 Å². The van der Waals surface area contributed by atoms with E-state index in [2.05, 4.69) is 15.3 Å². The zero-order valence-electron chi connectivity index (χ0n) is 10.2. The highest BCUT2D eigenvalue weighted by atomic mass is 35.5. The average Bonchev–Trinajstić information content (AvgIpc) is 2.33. The lowest BCUT2D eigenvalue weighted by Gasteiger charge is -2.12. The molecule has 1 aromatic carbocycles. The Hall–Kier alpha value is -1.32. The summed E-state index contributed by atoms with van der Waals surface area (Å²) in [6.45, 7) is 4.00. The molecule has 0 radical (unpaired) electrons. The second-order valence-corrected chi connectivity index (χ2v) is 4.72. The molecule has 0 aliphatic rings. The molecule has 0 saturated carbocycles. The van der Waals surface area contributed by atoms with Gasteiger partial charge in [-0.15, -0.1) is 0 Å². The van der Waals surface area contributed by atoms with Crippen LogP contribution in [0.1, 0.15) is 18.1 Å². The molecule has 0 aliphatic carbocycles. The van der Waals surface area contributed by atoms with Gasteiger partial charge in [0.05, 0.1) is 10.7 Å². The average molecular weight is 282 g/mol. The zero-order chi connectivity index (χ0) is 13.1. The summed E-state index contributed by atoms with van der Waals surface area (Å²) in [4.78, 5) is 8.17. The van der Waals surface area contributed by atoms with E-state index < -0.39 is 0 Å². The van der Waals surface area contributed by atoms with Gasteiger partial charge in [0.1, 0.15) is 17.3 Å². The van der Waals surface area contributed by atoms with E-state index in [0.717, 1.165) is 23.2 Å². The van der Waals surface area contributed by atoms with Crippen molar-refractivity contribution in [3.63, 3.8) is 0 Å². The van der Waals surface area contributed by atoms with Crippen molar-refractivity contribution in [1.82, 2.24) is 9.97 Å². The van der Waals surface area contributed by atoms with E-state index in [1.54, 1.807) is 0 Å². The number of hydrogen-bond donors (Lipinski definition) is 1. The number of aromatic nitrogens is 2. The van der Waals surface area contributed by atoms with Gasteiger partial charge in [0, 0.05) is 5.56 Å². The van der Waals surface area contributed by atoms with Crippen LogP contribution in [-0.4, -0.2) is 9.97 Å². The summed E-state index contributed by atoms with van der Waals surface area (Å²) in [7, 11) is 0. The Morgan fingerprint density at radius 2 is 2.00 bits per heavy atom. The summed E-state index contributed by atoms with van der Waals surface area (Å²) in [5, 5.41) is 4.32. The van der Waals surface area contributed by atoms with Crippen LogP contribution in [0, 0.1) is 6.92 Å². The Kier molecular flexibility index (Phi) is 4.04. The smallest absolute Gasteiger partial charge is 0.138 e. The van der Waals surface area contributed by atoms with Crippen LogP contribution in [0.25, 0.3) is 0 Å². The predicted octanol–water partition coefficient (Wildman–Crippen LogP) is 4.40. The fraction of sp³-hybridized carbons (Fsp3) is 0.231. The van der Waals surface area contributed by atoms with Gasteiger partial charge in [0.2, 0.25) is 0 Å². The van der Waals surface area contributed by atoms with Crippen molar-refractivity contribution in [2.24, 2.45) is 0 Å². The standard InChI is InChI=1S/C13H13Cl2N3/c1-3-9-12(15)16-7-17-13(9)18-11-5-4-8(2)6-10(11)14/h4-7H,3H2,1-2H3,(H,16,17,18). The SMILES string of the molecule is CCc1c(Cl)ncnc1Nc1ccc(C)cc1Cl. The number of anilines is 2. The van der Waals surface area contributed by atoms with Crippen LogP contribution in [0.4, 0.5) is 11.5 Å². The second kappa shape index (κ2) is 5.55. The molecule has 0 saturated heterocycles. The van der Waals surface area contributed by atoms with E-state index in [1.807, 2.05) is 32.0 Å². The van der Waals surface area contributed by atoms with Gasteiger partial charge in [-0.3, -0.25) is 0 Å². The van der Waals surface area contributed by atoms with E-state index in [-0.39, 0.29) is 0 Å². The molecule has 2 aromatic rings. The van der Waals surface area contributed by atoms with Crippen LogP contribution >= 0.6 is 23.2 Å². The first-order chi connectivity index (χ1) is 8.61. The molecule has 5 heteroatoms. The Morgan fingerprint density at radius 1 is 1.22 bits per heavy atom. The summed E-state index contributed by atoms with van der Waals surface area (Å²) in [5.41, 5.74) is 2.81. The molecular formula is C13H13Cl2N3. The molecule has 1 N–H and O–H groups in total. The largest absolute Gasteiger partial charge is 0.339 e. The van der Waals surface area contributed by atoms with Crippen molar-refractivity contribution in [3.05, 3.63) is 45.8 Å². The van der Waals surface area contributed by atoms with Crippen molar-refractivity contribution in [3.8, 4) is 0 Å². The maximum Gasteiger partial charge on any atom is 0.138 e. The van der Waals surface area contributed by atoms with Gasteiger partial charge >= 0.3 is 0 Å². The molecule has 3 nitrogen and oxygen atoms in total. The minimum Gasteiger partial charge on any atom is -0.339 e. The number of aryl methyl sites for hydroxylation is 1. The zero-order valence-corrected chi connectivity index (χ0v) is 11.7. The van der Waals surface area contributed by atoms with Crippen LogP contribution in [0.5, 0.6) is 0 Å². The highest BCUT2D eigenvalue weighted by Crippen LogP contribution is 2.28. The maximum absolute atomic E-state index is 6.18. The van der Waals surface area contributed by atoms with Crippen molar-refractivity contribution >= 4 is 34.7 Å². The third kappa shape index (κ3) is 2.74. The first kappa shape index (κ1) is 13.1. The lowest BCUT2D eigenvalue weighted by Crippen LogP contribution is -2.01. The fourth-order valence-corrected chi connectivity index (χ4v) is 2.21. The first-order valence-electron chi connectivity index (χ1n) is 5.64. The Bertz CT molecular complexity index is 570. The summed E-state index contributed by atoms with van der Waals surface area (Å²) in [5.74, 6) is 0.697. The summed E-state index contributed by atoms with van der Waals surface area (Å²) in [6.07, 6.45) is 2.19. The lowest BCUT2D eigenvalue weighted by molar-refractivity contribution is 1.05. The van der Waals surface area contributed by atoms with Gasteiger partial charge in [0.15, 0.2) is 0 Å². The van der Waals surface area contributed by atoms with Gasteiger partial charge in [-0.25, -0.2) is 9.97 Å². The number of hydrogen-bond acceptors (Lipinski definition) is 3. The number of halogens is 2. The topological polar surface area (TPSA) is 37.8 Å². The lowest BCUT2D eigenvalue weighted by atomic mass is 10.2. The molecule has 0 spiro atoms. The van der Waals surface area contributed by atoms with Crippen LogP contribution in [0.15, 0.2) is 24.5 Å². The van der Waals surface area contributed by atoms with Crippen LogP contribution < -0.4 is 5.32 Å². The molecule has 94 valence electrons. The van der Waals surface area contributed by atoms with Gasteiger partial charge < -0.3 is 5.32 Å². The van der Waals surface area contributed by atoms with Gasteiger partial charge in [0.25, 0.3) is 0 Å². The molecule has 0 aliphatic heterocycles. The van der Waals surface area contributed by atoms with Crippen molar-refractivity contribution in [2.45, 2.75) is 20.3 Å². The van der Waals surface area contributed by atoms with E-state index in [9.17, 15) is 0 Å². The molecule has 0 amide bonds. The Labute approximate surface area is 116 Å². The molecule has 2 rings (SSSR count). The van der Waals surface area contributed by atoms with Gasteiger partial charge in [-0.05, 0) is 31.0 Å². The molecule has 0 bridgehead atoms. The molecular weight excluding hydrogens is 269 g/mol. The van der Waals surface area contributed by atoms with Crippen molar-refractivity contribution < 1.29 is 0 Å². The third-order valence-corrected chi connectivity index (χ3v) is 3.26. The number of nitrogens with zero attached hydrogens (tertiary/aromatic N) is 2. The Morgan fingerprint density at radius 3 is 2.67 bits per heavy atom. The molecule has 0 atom stereocenters. The summed E-state index contributed by atoms with van der Waals surface area (Å²) < 4.78 is 0. The van der Waals surface area contributed by atoms with E-state index in [1.165, 1.54) is 6.33 Å². The second-order valence-electron chi connectivity index (χ2n) is 3.95. The minimum absolute atomic E-state index is 0.471. The quantitative estimate of drug-likeness (QED) is 0.848. The van der Waals surface area contributed by atoms with Crippen LogP contribution in [0.3, 0.4) is 0 Å². The van der Waals surface area contributed by atoms with Crippen LogP contribution in [-0.2, 0) is 6.42 Å². The first-order valence-corrected chi connectivity index (χ1v) is 6.40. The molecule has 1 heterocycles. The van der Waals surface area contributed by atoms with Crippen molar-refractivity contribution in [2.75, 3.05) is 5.32 Å². The molecule has 1 aromatic heterocycles.